The van der Waals surface area contributed by atoms with Gasteiger partial charge in [-0.25, -0.2) is 4.98 Å². The van der Waals surface area contributed by atoms with E-state index in [1.54, 1.807) is 12.3 Å². The number of nitrogens with one attached hydrogen (secondary N) is 1. The largest absolute Gasteiger partial charge is 0.481 e. The minimum atomic E-state index is -0.862. The summed E-state index contributed by atoms with van der Waals surface area (Å²) in [5.74, 6) is 0.582. The molecule has 0 aliphatic carbocycles. The van der Waals surface area contributed by atoms with Crippen molar-refractivity contribution >= 4 is 17.7 Å². The number of carbonyl (C=O) groups is 2. The number of amides is 1. The first-order valence-electron chi connectivity index (χ1n) is 8.52. The zero-order valence-corrected chi connectivity index (χ0v) is 14.7. The maximum atomic E-state index is 12.3. The normalized spacial score (nSPS) is 16.0. The average molecular weight is 333 g/mol. The molecule has 1 fully saturated rings. The highest BCUT2D eigenvalue weighted by molar-refractivity contribution is 5.94. The number of carboxylic acid groups (broad SMARTS) is 1. The Morgan fingerprint density at radius 2 is 2.00 bits per heavy atom. The molecule has 0 spiro atoms. The molecule has 0 atom stereocenters. The van der Waals surface area contributed by atoms with E-state index in [2.05, 4.69) is 22.1 Å². The summed E-state index contributed by atoms with van der Waals surface area (Å²) in [5, 5.41) is 11.6. The van der Waals surface area contributed by atoms with Gasteiger partial charge in [-0.1, -0.05) is 6.92 Å². The summed E-state index contributed by atoms with van der Waals surface area (Å²) >= 11 is 0. The van der Waals surface area contributed by atoms with Crippen LogP contribution in [0.5, 0.6) is 0 Å². The Bertz CT molecular complexity index is 576. The number of nitrogens with zero attached hydrogens (tertiary/aromatic N) is 2. The lowest BCUT2D eigenvalue weighted by atomic mass is 9.98. The number of hydrogen-bond acceptors (Lipinski definition) is 4. The Hall–Kier alpha value is -2.11. The lowest BCUT2D eigenvalue weighted by Crippen LogP contribution is -2.43. The lowest BCUT2D eigenvalue weighted by molar-refractivity contribution is -0.137. The van der Waals surface area contributed by atoms with Gasteiger partial charge in [0.1, 0.15) is 5.82 Å². The maximum Gasteiger partial charge on any atom is 0.303 e. The molecule has 1 amide bonds. The minimum Gasteiger partial charge on any atom is -0.481 e. The number of aliphatic carboxylic acids is 1. The molecule has 2 N–H and O–H groups in total. The molecule has 0 aromatic carbocycles. The van der Waals surface area contributed by atoms with Crippen molar-refractivity contribution in [3.05, 3.63) is 23.9 Å². The van der Waals surface area contributed by atoms with E-state index in [-0.39, 0.29) is 12.3 Å². The van der Waals surface area contributed by atoms with Crippen molar-refractivity contribution in [2.24, 2.45) is 5.92 Å². The summed E-state index contributed by atoms with van der Waals surface area (Å²) in [6.45, 7) is 7.92. The van der Waals surface area contributed by atoms with E-state index in [9.17, 15) is 9.59 Å². The number of anilines is 1. The zero-order chi connectivity index (χ0) is 17.7. The zero-order valence-electron chi connectivity index (χ0n) is 14.7. The highest BCUT2D eigenvalue weighted by Crippen LogP contribution is 2.21. The molecular formula is C18H27N3O3. The fraction of sp³-hybridized carbons (Fsp3) is 0.611. The molecule has 0 bridgehead atoms. The van der Waals surface area contributed by atoms with Crippen molar-refractivity contribution in [1.29, 1.82) is 0 Å². The number of aromatic nitrogens is 1. The maximum absolute atomic E-state index is 12.3. The molecule has 1 saturated heterocycles. The second-order valence-electron chi connectivity index (χ2n) is 7.31. The first kappa shape index (κ1) is 18.2. The summed E-state index contributed by atoms with van der Waals surface area (Å²) < 4.78 is 0. The highest BCUT2D eigenvalue weighted by atomic mass is 16.4. The molecule has 1 aliphatic rings. The fourth-order valence-corrected chi connectivity index (χ4v) is 2.81. The number of carboxylic acids is 1. The molecule has 1 aliphatic heterocycles. The lowest BCUT2D eigenvalue weighted by Gasteiger charge is -2.31. The van der Waals surface area contributed by atoms with Gasteiger partial charge in [-0.15, -0.1) is 0 Å². The molecule has 1 aromatic rings. The van der Waals surface area contributed by atoms with Crippen LogP contribution < -0.4 is 10.2 Å². The minimum absolute atomic E-state index is 0.0256. The third-order valence-electron chi connectivity index (χ3n) is 4.53. The predicted octanol–water partition coefficient (Wildman–Crippen LogP) is 2.69. The third kappa shape index (κ3) is 5.22. The van der Waals surface area contributed by atoms with E-state index >= 15 is 0 Å². The first-order valence-corrected chi connectivity index (χ1v) is 8.52. The van der Waals surface area contributed by atoms with Gasteiger partial charge in [-0.3, -0.25) is 9.59 Å². The van der Waals surface area contributed by atoms with Crippen molar-refractivity contribution in [3.8, 4) is 0 Å². The van der Waals surface area contributed by atoms with Crippen molar-refractivity contribution in [2.75, 3.05) is 18.0 Å². The van der Waals surface area contributed by atoms with Crippen LogP contribution in [0.4, 0.5) is 5.82 Å². The quantitative estimate of drug-likeness (QED) is 0.836. The second-order valence-corrected chi connectivity index (χ2v) is 7.31. The molecule has 132 valence electrons. The van der Waals surface area contributed by atoms with Crippen LogP contribution in [-0.2, 0) is 4.79 Å². The Kier molecular flexibility index (Phi) is 5.80. The first-order chi connectivity index (χ1) is 11.3. The topological polar surface area (TPSA) is 82.5 Å². The molecule has 6 nitrogen and oxygen atoms in total. The van der Waals surface area contributed by atoms with E-state index in [1.165, 1.54) is 12.8 Å². The molecular weight excluding hydrogens is 306 g/mol. The van der Waals surface area contributed by atoms with Crippen LogP contribution in [-0.4, -0.2) is 40.6 Å². The summed E-state index contributed by atoms with van der Waals surface area (Å²) in [6.07, 6.45) is 4.34. The van der Waals surface area contributed by atoms with Gasteiger partial charge >= 0.3 is 5.97 Å². The van der Waals surface area contributed by atoms with E-state index < -0.39 is 11.5 Å². The fourth-order valence-electron chi connectivity index (χ4n) is 2.81. The van der Waals surface area contributed by atoms with Crippen LogP contribution in [0.25, 0.3) is 0 Å². The highest BCUT2D eigenvalue weighted by Gasteiger charge is 2.23. The van der Waals surface area contributed by atoms with Gasteiger partial charge < -0.3 is 15.3 Å². The molecule has 0 unspecified atom stereocenters. The molecule has 2 heterocycles. The van der Waals surface area contributed by atoms with E-state index in [0.29, 0.717) is 12.0 Å². The summed E-state index contributed by atoms with van der Waals surface area (Å²) in [7, 11) is 0. The van der Waals surface area contributed by atoms with Crippen LogP contribution in [0.2, 0.25) is 0 Å². The van der Waals surface area contributed by atoms with Gasteiger partial charge in [-0.2, -0.15) is 0 Å². The van der Waals surface area contributed by atoms with Crippen LogP contribution in [0.1, 0.15) is 56.8 Å². The van der Waals surface area contributed by atoms with Gasteiger partial charge in [0, 0.05) is 31.2 Å². The van der Waals surface area contributed by atoms with Crippen molar-refractivity contribution in [2.45, 2.75) is 52.0 Å². The van der Waals surface area contributed by atoms with Gasteiger partial charge in [0.15, 0.2) is 0 Å². The van der Waals surface area contributed by atoms with Gasteiger partial charge in [0.05, 0.1) is 5.56 Å². The third-order valence-corrected chi connectivity index (χ3v) is 4.53. The molecule has 24 heavy (non-hydrogen) atoms. The van der Waals surface area contributed by atoms with E-state index in [1.807, 2.05) is 19.9 Å². The van der Waals surface area contributed by atoms with Crippen molar-refractivity contribution in [3.63, 3.8) is 0 Å². The van der Waals surface area contributed by atoms with Gasteiger partial charge in [-0.05, 0) is 51.2 Å². The van der Waals surface area contributed by atoms with E-state index in [4.69, 9.17) is 5.11 Å². The Labute approximate surface area is 143 Å². The SMILES string of the molecule is CC1CCN(c2ccc(C(=O)NC(C)(C)CCC(=O)O)cn2)CC1. The van der Waals surface area contributed by atoms with Crippen LogP contribution in [0.3, 0.4) is 0 Å². The Balaban J connectivity index is 1.94. The summed E-state index contributed by atoms with van der Waals surface area (Å²) in [5.41, 5.74) is -0.0792. The predicted molar refractivity (Wildman–Crippen MR) is 93.3 cm³/mol. The van der Waals surface area contributed by atoms with Crippen LogP contribution >= 0.6 is 0 Å². The molecule has 1 aromatic heterocycles. The van der Waals surface area contributed by atoms with Gasteiger partial charge in [0.2, 0.25) is 0 Å². The van der Waals surface area contributed by atoms with Crippen molar-refractivity contribution in [1.82, 2.24) is 10.3 Å². The standard InChI is InChI=1S/C18H27N3O3/c1-13-7-10-21(11-8-13)15-5-4-14(12-19-15)17(24)20-18(2,3)9-6-16(22)23/h4-5,12-13H,6-11H2,1-3H3,(H,20,24)(H,22,23). The monoisotopic (exact) mass is 333 g/mol. The smallest absolute Gasteiger partial charge is 0.303 e. The average Bonchev–Trinajstić information content (AvgIpc) is 2.53. The molecule has 6 heteroatoms. The molecule has 2 rings (SSSR count). The molecule has 0 saturated carbocycles. The summed E-state index contributed by atoms with van der Waals surface area (Å²) in [4.78, 5) is 29.7. The van der Waals surface area contributed by atoms with E-state index in [0.717, 1.165) is 24.8 Å². The van der Waals surface area contributed by atoms with Crippen LogP contribution in [0.15, 0.2) is 18.3 Å². The van der Waals surface area contributed by atoms with Crippen LogP contribution in [0, 0.1) is 5.92 Å². The number of rotatable bonds is 6. The number of piperidine rings is 1. The number of hydrogen-bond donors (Lipinski definition) is 2. The second kappa shape index (κ2) is 7.64. The Morgan fingerprint density at radius 1 is 1.33 bits per heavy atom. The summed E-state index contributed by atoms with van der Waals surface area (Å²) in [6, 6.07) is 3.66. The van der Waals surface area contributed by atoms with Gasteiger partial charge in [0.25, 0.3) is 5.91 Å². The molecule has 0 radical (unpaired) electrons. The van der Waals surface area contributed by atoms with Crippen molar-refractivity contribution < 1.29 is 14.7 Å². The Morgan fingerprint density at radius 3 is 2.54 bits per heavy atom. The number of pyridine rings is 1. The number of carbonyl (C=O) groups excluding carboxylic acids is 1.